The molecule has 0 amide bonds. The van der Waals surface area contributed by atoms with Crippen molar-refractivity contribution in [2.24, 2.45) is 0 Å². The second kappa shape index (κ2) is 33.1. The van der Waals surface area contributed by atoms with Gasteiger partial charge in [0.2, 0.25) is 5.69 Å². The van der Waals surface area contributed by atoms with Crippen LogP contribution in [0.15, 0.2) is 148 Å². The molecule has 0 saturated carbocycles. The number of hydrogen-bond acceptors (Lipinski definition) is 20. The van der Waals surface area contributed by atoms with Crippen molar-refractivity contribution in [2.45, 2.75) is 93.3 Å². The Morgan fingerprint density at radius 1 is 0.656 bits per heavy atom. The molecule has 9 rings (SSSR count). The first-order chi connectivity index (χ1) is 40.0. The maximum absolute atomic E-state index is 12.4. The molecule has 0 fully saturated rings. The molecule has 0 saturated heterocycles. The quantitative estimate of drug-likeness (QED) is 0.0179. The molecule has 0 aromatic heterocycles. The van der Waals surface area contributed by atoms with Crippen LogP contribution in [0.2, 0.25) is 0 Å². The van der Waals surface area contributed by atoms with Crippen molar-refractivity contribution in [3.63, 3.8) is 0 Å². The smallest absolute Gasteiger partial charge is 0.750 e. The van der Waals surface area contributed by atoms with E-state index < -0.39 is 93.2 Å². The number of carboxylic acid groups (broad SMARTS) is 2. The van der Waals surface area contributed by atoms with Gasteiger partial charge in [-0.3, -0.25) is 0 Å². The molecule has 1 atom stereocenters. The minimum Gasteiger partial charge on any atom is -0.750 e. The van der Waals surface area contributed by atoms with Gasteiger partial charge in [-0.05, 0) is 151 Å². The van der Waals surface area contributed by atoms with Crippen LogP contribution in [0, 0.1) is 0 Å². The number of nitrogens with zero attached hydrogens (tertiary/aromatic N) is 2. The van der Waals surface area contributed by atoms with Crippen LogP contribution < -0.4 is 177 Å². The summed E-state index contributed by atoms with van der Waals surface area (Å²) in [5.74, 6) is -3.18. The molecular formula is C60H57N2Na5O19S4. The Kier molecular flexibility index (Phi) is 29.4. The van der Waals surface area contributed by atoms with Crippen LogP contribution in [0.4, 0.5) is 11.4 Å². The van der Waals surface area contributed by atoms with Gasteiger partial charge >= 0.3 is 148 Å². The number of carbonyl (C=O) groups excluding carboxylic acids is 2. The van der Waals surface area contributed by atoms with Gasteiger partial charge in [0.05, 0.1) is 60.8 Å². The number of carboxylic acids is 2. The molecule has 0 radical (unpaired) electrons. The van der Waals surface area contributed by atoms with Crippen molar-refractivity contribution in [3.8, 4) is 17.2 Å². The predicted octanol–water partition coefficient (Wildman–Crippen LogP) is -8.79. The fraction of sp³-hybridized carbons (Fsp3) is 0.317. The molecule has 0 N–H and O–H groups in total. The fourth-order valence-corrected chi connectivity index (χ4v) is 13.5. The first-order valence-corrected chi connectivity index (χ1v) is 32.3. The summed E-state index contributed by atoms with van der Waals surface area (Å²) in [7, 11) is -14.7. The number of fused-ring (bicyclic) bond motifs is 7. The van der Waals surface area contributed by atoms with Gasteiger partial charge < -0.3 is 61.3 Å². The number of anilines is 1. The van der Waals surface area contributed by atoms with E-state index in [1.165, 1.54) is 12.1 Å². The molecular weight excluding hydrogens is 1300 g/mol. The third-order valence-electron chi connectivity index (χ3n) is 15.3. The van der Waals surface area contributed by atoms with Crippen molar-refractivity contribution < 1.29 is 238 Å². The van der Waals surface area contributed by atoms with Gasteiger partial charge in [0.15, 0.2) is 5.71 Å². The molecule has 30 heteroatoms. The number of hydrogen-bond donors (Lipinski definition) is 0. The van der Waals surface area contributed by atoms with E-state index in [-0.39, 0.29) is 196 Å². The van der Waals surface area contributed by atoms with Gasteiger partial charge in [0.25, 0.3) is 0 Å². The number of unbranched alkanes of at least 4 members (excludes halogenated alkanes) is 2. The Labute approximate surface area is 636 Å². The van der Waals surface area contributed by atoms with E-state index in [4.69, 9.17) is 18.4 Å². The van der Waals surface area contributed by atoms with E-state index in [0.717, 1.165) is 34.1 Å². The van der Waals surface area contributed by atoms with Crippen LogP contribution in [0.5, 0.6) is 17.2 Å². The van der Waals surface area contributed by atoms with Crippen LogP contribution in [-0.2, 0) is 66.3 Å². The summed E-state index contributed by atoms with van der Waals surface area (Å²) in [5.41, 5.74) is 3.30. The van der Waals surface area contributed by atoms with Gasteiger partial charge in [-0.25, -0.2) is 29.5 Å². The van der Waals surface area contributed by atoms with Gasteiger partial charge in [-0.2, -0.15) is 4.58 Å². The normalized spacial score (nSPS) is 16.4. The molecule has 1 aliphatic carbocycles. The number of benzene rings is 6. The summed E-state index contributed by atoms with van der Waals surface area (Å²) in [6, 6.07) is 24.4. The molecule has 2 heterocycles. The minimum atomic E-state index is -5.06. The molecule has 90 heavy (non-hydrogen) atoms. The Balaban J connectivity index is 0.00000346. The van der Waals surface area contributed by atoms with Crippen molar-refractivity contribution in [1.29, 1.82) is 0 Å². The Morgan fingerprint density at radius 3 is 1.81 bits per heavy atom. The summed E-state index contributed by atoms with van der Waals surface area (Å²) < 4.78 is 157. The van der Waals surface area contributed by atoms with E-state index >= 15 is 0 Å². The first-order valence-electron chi connectivity index (χ1n) is 26.9. The summed E-state index contributed by atoms with van der Waals surface area (Å²) in [4.78, 5) is 24.1. The summed E-state index contributed by atoms with van der Waals surface area (Å²) in [5, 5.41) is 26.6. The van der Waals surface area contributed by atoms with Gasteiger partial charge in [-0.1, -0.05) is 56.3 Å². The zero-order valence-corrected chi connectivity index (χ0v) is 64.7. The number of rotatable bonds is 24. The third-order valence-corrected chi connectivity index (χ3v) is 18.1. The summed E-state index contributed by atoms with van der Waals surface area (Å²) in [6.45, 7) is 6.11. The summed E-state index contributed by atoms with van der Waals surface area (Å²) >= 11 is -2.74. The molecule has 3 aliphatic rings. The average Bonchev–Trinajstić information content (AvgIpc) is 1.54. The van der Waals surface area contributed by atoms with Crippen LogP contribution in [-0.4, -0.2) is 109 Å². The topological polar surface area (TPSA) is 335 Å². The first kappa shape index (κ1) is 80.1. The van der Waals surface area contributed by atoms with E-state index in [2.05, 4.69) is 0 Å². The molecule has 1 unspecified atom stereocenters. The zero-order valence-electron chi connectivity index (χ0n) is 51.4. The Morgan fingerprint density at radius 2 is 1.23 bits per heavy atom. The van der Waals surface area contributed by atoms with Crippen molar-refractivity contribution in [1.82, 2.24) is 0 Å². The minimum absolute atomic E-state index is 0. The monoisotopic (exact) mass is 1350 g/mol. The van der Waals surface area contributed by atoms with Crippen LogP contribution in [0.25, 0.3) is 32.3 Å². The summed E-state index contributed by atoms with van der Waals surface area (Å²) in [6.07, 6.45) is 10.3. The zero-order chi connectivity index (χ0) is 61.4. The van der Waals surface area contributed by atoms with Gasteiger partial charge in [0, 0.05) is 58.4 Å². The maximum atomic E-state index is 12.4. The number of allylic oxidation sites excluding steroid dienone is 7. The second-order valence-electron chi connectivity index (χ2n) is 21.7. The van der Waals surface area contributed by atoms with Crippen molar-refractivity contribution in [3.05, 3.63) is 149 Å². The van der Waals surface area contributed by atoms with Crippen LogP contribution in [0.3, 0.4) is 0 Å². The Hall–Kier alpha value is -2.33. The van der Waals surface area contributed by atoms with E-state index in [0.29, 0.717) is 94.8 Å². The molecule has 6 aromatic rings. The second-order valence-corrected chi connectivity index (χ2v) is 26.7. The van der Waals surface area contributed by atoms with E-state index in [1.54, 1.807) is 24.3 Å². The number of carbonyl (C=O) groups is 2. The van der Waals surface area contributed by atoms with Crippen molar-refractivity contribution in [2.75, 3.05) is 43.6 Å². The van der Waals surface area contributed by atoms with Gasteiger partial charge in [0.1, 0.15) is 63.0 Å². The van der Waals surface area contributed by atoms with E-state index in [1.807, 2.05) is 104 Å². The van der Waals surface area contributed by atoms with E-state index in [9.17, 15) is 67.5 Å². The maximum Gasteiger partial charge on any atom is 1.00 e. The predicted molar refractivity (Wildman–Crippen MR) is 307 cm³/mol. The SMILES string of the molecule is CC1(C)C(/C=C/C2=C(Oc3ccc4ccccc4c3)C(=C/C=C3/N(CCCCS(=O)(=O)[O-])c4ccc5cc(S(=O)(=O)[O-])cc(OCC(=O)[O-])c5c4C3(C)C)/CCC2)=[N+](CCCCOS(=O)[O-])c2ccc3cc(S(=O)(=O)[O-])cc(OCC(=O)[O-])c3c21.[Na+].[Na+].[Na+].[Na+].[Na+]. The Bertz CT molecular complexity index is 4290. The number of ether oxygens (including phenoxy) is 3. The molecule has 0 bridgehead atoms. The largest absolute Gasteiger partial charge is 1.00 e. The standard InChI is InChI=1S/C60H62N2O19S4.5Na/c1-59(2)50(61(26-7-9-28-80-82(67)68)46-22-17-41-31-44(84(72,73)74)33-48(54(41)56(46)59)78-35-52(63)64)24-19-38-14-11-15-39(58(38)81-43-21-16-37-12-5-6-13-40(37)30-43)20-25-51-60(3,4)57-47(62(51)27-8-10-29-83(69,70)71)23-18-42-32-45(85(75,76)77)34-49(55(42)57)79-36-53(65)66;;;;;/h5-6,12-13,16-25,30-34H,7-11,14-15,26-29,35-36H2,1-4H3,(H5-,63,64,65,66,67,68,69,70,71,72,73,74,75,76,77);;;;;/q;5*+1/p-5. The molecule has 21 nitrogen and oxygen atoms in total. The average molecular weight is 1350 g/mol. The van der Waals surface area contributed by atoms with Crippen LogP contribution >= 0.6 is 0 Å². The fourth-order valence-electron chi connectivity index (χ4n) is 11.7. The molecule has 450 valence electrons. The molecule has 2 aliphatic heterocycles. The van der Waals surface area contributed by atoms with Crippen LogP contribution in [0.1, 0.15) is 83.8 Å². The number of aliphatic carboxylic acids is 2. The van der Waals surface area contributed by atoms with Gasteiger partial charge in [-0.15, -0.1) is 0 Å². The molecule has 6 aromatic carbocycles. The molecule has 0 spiro atoms. The third kappa shape index (κ3) is 18.6. The van der Waals surface area contributed by atoms with Crippen molar-refractivity contribution >= 4 is 103 Å².